The minimum Gasteiger partial charge on any atom is -0.483 e. The number of carbonyl (C=O) groups excluding carboxylic acids is 2. The van der Waals surface area contributed by atoms with Gasteiger partial charge in [0.25, 0.3) is 11.8 Å². The highest BCUT2D eigenvalue weighted by Gasteiger charge is 2.07. The lowest BCUT2D eigenvalue weighted by molar-refractivity contribution is -0.118. The summed E-state index contributed by atoms with van der Waals surface area (Å²) in [7, 11) is 1.58. The molecule has 6 nitrogen and oxygen atoms in total. The number of hydrogen-bond acceptors (Lipinski definition) is 4. The molecule has 0 atom stereocenters. The minimum atomic E-state index is -0.263. The Morgan fingerprint density at radius 3 is 2.44 bits per heavy atom. The number of para-hydroxylation sites is 1. The van der Waals surface area contributed by atoms with Crippen LogP contribution in [0.2, 0.25) is 0 Å². The van der Waals surface area contributed by atoms with Crippen LogP contribution in [-0.4, -0.2) is 38.7 Å². The van der Waals surface area contributed by atoms with Crippen molar-refractivity contribution in [3.05, 3.63) is 59.7 Å². The lowest BCUT2D eigenvalue weighted by Crippen LogP contribution is -2.26. The van der Waals surface area contributed by atoms with Crippen LogP contribution in [0, 0.1) is 6.92 Å². The predicted octanol–water partition coefficient (Wildman–Crippen LogP) is 2.39. The van der Waals surface area contributed by atoms with Crippen molar-refractivity contribution in [1.29, 1.82) is 0 Å². The van der Waals surface area contributed by atoms with E-state index in [0.29, 0.717) is 30.2 Å². The largest absolute Gasteiger partial charge is 0.483 e. The van der Waals surface area contributed by atoms with E-state index in [1.807, 2.05) is 31.2 Å². The molecule has 2 N–H and O–H groups in total. The Balaban J connectivity index is 1.83. The van der Waals surface area contributed by atoms with E-state index < -0.39 is 0 Å². The minimum absolute atomic E-state index is 0.0793. The number of ether oxygens (including phenoxy) is 2. The lowest BCUT2D eigenvalue weighted by Gasteiger charge is -2.10. The third-order valence-electron chi connectivity index (χ3n) is 3.47. The second kappa shape index (κ2) is 9.44. The second-order valence-electron chi connectivity index (χ2n) is 5.43. The van der Waals surface area contributed by atoms with E-state index >= 15 is 0 Å². The van der Waals surface area contributed by atoms with Gasteiger partial charge in [-0.3, -0.25) is 9.59 Å². The number of hydrogen-bond donors (Lipinski definition) is 2. The number of carbonyl (C=O) groups is 2. The molecule has 0 unspecified atom stereocenters. The first kappa shape index (κ1) is 18.5. The molecule has 0 aliphatic rings. The van der Waals surface area contributed by atoms with Crippen LogP contribution in [0.15, 0.2) is 48.5 Å². The average molecular weight is 342 g/mol. The Hall–Kier alpha value is -2.86. The van der Waals surface area contributed by atoms with E-state index in [-0.39, 0.29) is 18.4 Å². The first-order chi connectivity index (χ1) is 12.1. The van der Waals surface area contributed by atoms with Crippen molar-refractivity contribution in [2.75, 3.05) is 32.2 Å². The highest BCUT2D eigenvalue weighted by atomic mass is 16.5. The number of aryl methyl sites for hydroxylation is 1. The third kappa shape index (κ3) is 5.93. The first-order valence-electron chi connectivity index (χ1n) is 7.95. The van der Waals surface area contributed by atoms with Crippen molar-refractivity contribution in [2.24, 2.45) is 0 Å². The normalized spacial score (nSPS) is 10.2. The van der Waals surface area contributed by atoms with E-state index in [0.717, 1.165) is 5.56 Å². The first-order valence-corrected chi connectivity index (χ1v) is 7.95. The topological polar surface area (TPSA) is 76.7 Å². The highest BCUT2D eigenvalue weighted by molar-refractivity contribution is 5.96. The van der Waals surface area contributed by atoms with Gasteiger partial charge in [-0.25, -0.2) is 0 Å². The van der Waals surface area contributed by atoms with Crippen molar-refractivity contribution in [2.45, 2.75) is 6.92 Å². The highest BCUT2D eigenvalue weighted by Crippen LogP contribution is 2.16. The molecule has 6 heteroatoms. The molecule has 0 aliphatic heterocycles. The molecule has 0 radical (unpaired) electrons. The van der Waals surface area contributed by atoms with Gasteiger partial charge >= 0.3 is 0 Å². The molecule has 2 amide bonds. The van der Waals surface area contributed by atoms with Gasteiger partial charge in [-0.1, -0.05) is 18.2 Å². The summed E-state index contributed by atoms with van der Waals surface area (Å²) in [4.78, 5) is 23.8. The fourth-order valence-electron chi connectivity index (χ4n) is 2.13. The van der Waals surface area contributed by atoms with Gasteiger partial charge in [0.05, 0.1) is 6.61 Å². The summed E-state index contributed by atoms with van der Waals surface area (Å²) in [5, 5.41) is 5.47. The van der Waals surface area contributed by atoms with Gasteiger partial charge in [0.15, 0.2) is 6.61 Å². The van der Waals surface area contributed by atoms with E-state index in [9.17, 15) is 9.59 Å². The van der Waals surface area contributed by atoms with Crippen LogP contribution >= 0.6 is 0 Å². The number of amides is 2. The standard InChI is InChI=1S/C19H22N2O4/c1-14-5-3-4-6-17(14)25-13-18(22)21-16-9-7-15(8-10-16)19(23)20-11-12-24-2/h3-10H,11-13H2,1-2H3,(H,20,23)(H,21,22). The summed E-state index contributed by atoms with van der Waals surface area (Å²) in [5.41, 5.74) is 2.09. The van der Waals surface area contributed by atoms with Gasteiger partial charge in [0.1, 0.15) is 5.75 Å². The summed E-state index contributed by atoms with van der Waals surface area (Å²) in [6.07, 6.45) is 0. The molecule has 25 heavy (non-hydrogen) atoms. The van der Waals surface area contributed by atoms with Crippen LogP contribution in [-0.2, 0) is 9.53 Å². The van der Waals surface area contributed by atoms with Crippen LogP contribution in [0.25, 0.3) is 0 Å². The molecule has 0 aliphatic carbocycles. The predicted molar refractivity (Wildman–Crippen MR) is 96.0 cm³/mol. The summed E-state index contributed by atoms with van der Waals surface area (Å²) < 4.78 is 10.4. The molecule has 2 rings (SSSR count). The number of methoxy groups -OCH3 is 1. The molecule has 0 aromatic heterocycles. The monoisotopic (exact) mass is 342 g/mol. The van der Waals surface area contributed by atoms with Crippen LogP contribution in [0.5, 0.6) is 5.75 Å². The maximum absolute atomic E-state index is 12.0. The van der Waals surface area contributed by atoms with E-state index in [4.69, 9.17) is 9.47 Å². The molecule has 2 aromatic carbocycles. The smallest absolute Gasteiger partial charge is 0.262 e. The average Bonchev–Trinajstić information content (AvgIpc) is 2.62. The number of rotatable bonds is 8. The van der Waals surface area contributed by atoms with E-state index in [1.54, 1.807) is 31.4 Å². The van der Waals surface area contributed by atoms with Gasteiger partial charge in [-0.2, -0.15) is 0 Å². The van der Waals surface area contributed by atoms with Gasteiger partial charge in [0, 0.05) is 24.9 Å². The van der Waals surface area contributed by atoms with Crippen molar-refractivity contribution < 1.29 is 19.1 Å². The summed E-state index contributed by atoms with van der Waals surface area (Å²) in [6.45, 7) is 2.75. The van der Waals surface area contributed by atoms with Crippen molar-refractivity contribution in [3.8, 4) is 5.75 Å². The number of nitrogens with one attached hydrogen (secondary N) is 2. The zero-order chi connectivity index (χ0) is 18.1. The van der Waals surface area contributed by atoms with Crippen molar-refractivity contribution in [1.82, 2.24) is 5.32 Å². The Morgan fingerprint density at radius 1 is 1.04 bits per heavy atom. The molecule has 0 bridgehead atoms. The second-order valence-corrected chi connectivity index (χ2v) is 5.43. The van der Waals surface area contributed by atoms with Crippen LogP contribution in [0.4, 0.5) is 5.69 Å². The Morgan fingerprint density at radius 2 is 1.76 bits per heavy atom. The van der Waals surface area contributed by atoms with Gasteiger partial charge in [-0.15, -0.1) is 0 Å². The van der Waals surface area contributed by atoms with Crippen LogP contribution < -0.4 is 15.4 Å². The number of anilines is 1. The Bertz CT molecular complexity index is 714. The van der Waals surface area contributed by atoms with Gasteiger partial charge in [0.2, 0.25) is 0 Å². The number of benzene rings is 2. The maximum Gasteiger partial charge on any atom is 0.262 e. The maximum atomic E-state index is 12.0. The summed E-state index contributed by atoms with van der Waals surface area (Å²) >= 11 is 0. The molecule has 0 saturated carbocycles. The molecule has 0 saturated heterocycles. The van der Waals surface area contributed by atoms with Gasteiger partial charge < -0.3 is 20.1 Å². The summed E-state index contributed by atoms with van der Waals surface area (Å²) in [5.74, 6) is 0.235. The van der Waals surface area contributed by atoms with Crippen LogP contribution in [0.1, 0.15) is 15.9 Å². The quantitative estimate of drug-likeness (QED) is 0.722. The molecular weight excluding hydrogens is 320 g/mol. The molecule has 132 valence electrons. The van der Waals surface area contributed by atoms with Gasteiger partial charge in [-0.05, 0) is 42.8 Å². The van der Waals surface area contributed by atoms with E-state index in [2.05, 4.69) is 10.6 Å². The molecule has 0 fully saturated rings. The fourth-order valence-corrected chi connectivity index (χ4v) is 2.13. The van der Waals surface area contributed by atoms with Crippen LogP contribution in [0.3, 0.4) is 0 Å². The zero-order valence-electron chi connectivity index (χ0n) is 14.4. The van der Waals surface area contributed by atoms with E-state index in [1.165, 1.54) is 0 Å². The molecular formula is C19H22N2O4. The Labute approximate surface area is 147 Å². The molecule has 0 heterocycles. The summed E-state index contributed by atoms with van der Waals surface area (Å²) in [6, 6.07) is 14.2. The molecule has 0 spiro atoms. The lowest BCUT2D eigenvalue weighted by atomic mass is 10.2. The fraction of sp³-hybridized carbons (Fsp3) is 0.263. The molecule has 2 aromatic rings. The zero-order valence-corrected chi connectivity index (χ0v) is 14.4. The third-order valence-corrected chi connectivity index (χ3v) is 3.47. The SMILES string of the molecule is COCCNC(=O)c1ccc(NC(=O)COc2ccccc2C)cc1. The Kier molecular flexibility index (Phi) is 6.98. The van der Waals surface area contributed by atoms with Crippen molar-refractivity contribution >= 4 is 17.5 Å². The van der Waals surface area contributed by atoms with Crippen molar-refractivity contribution in [3.63, 3.8) is 0 Å².